The van der Waals surface area contributed by atoms with Crippen LogP contribution in [0.3, 0.4) is 0 Å². The highest BCUT2D eigenvalue weighted by atomic mass is 32.2. The van der Waals surface area contributed by atoms with Gasteiger partial charge in [-0.2, -0.15) is 0 Å². The molecule has 2 heterocycles. The van der Waals surface area contributed by atoms with Crippen LogP contribution < -0.4 is 11.3 Å². The van der Waals surface area contributed by atoms with E-state index in [1.165, 1.54) is 11.6 Å². The van der Waals surface area contributed by atoms with E-state index in [-0.39, 0.29) is 11.1 Å². The van der Waals surface area contributed by atoms with Crippen LogP contribution in [0.15, 0.2) is 64.6 Å². The number of hydrogen-bond acceptors (Lipinski definition) is 4. The Kier molecular flexibility index (Phi) is 3.75. The molecule has 21 heavy (non-hydrogen) atoms. The third-order valence-electron chi connectivity index (χ3n) is 3.49. The van der Waals surface area contributed by atoms with Crippen molar-refractivity contribution in [3.8, 4) is 0 Å². The fourth-order valence-corrected chi connectivity index (χ4v) is 3.51. The number of nitrogen functional groups attached to an aromatic ring is 1. The molecule has 0 saturated carbocycles. The minimum absolute atomic E-state index is 0.0571. The van der Waals surface area contributed by atoms with Gasteiger partial charge in [0.25, 0.3) is 5.56 Å². The molecular weight excluding hydrogens is 282 g/mol. The molecule has 1 aliphatic rings. The Morgan fingerprint density at radius 1 is 1.24 bits per heavy atom. The highest BCUT2D eigenvalue weighted by molar-refractivity contribution is 8.02. The Morgan fingerprint density at radius 2 is 2.00 bits per heavy atom. The van der Waals surface area contributed by atoms with Crippen LogP contribution in [0.5, 0.6) is 0 Å². The third kappa shape index (κ3) is 2.83. The maximum atomic E-state index is 12.2. The molecular formula is C16H17N3OS. The third-order valence-corrected chi connectivity index (χ3v) is 4.69. The first-order chi connectivity index (χ1) is 10.1. The number of aromatic nitrogens is 1. The van der Waals surface area contributed by atoms with E-state index < -0.39 is 0 Å². The SMILES string of the molecule is CC1=CSC(n2ccc(N)cc2=O)N1Cc1ccccc1. The van der Waals surface area contributed by atoms with E-state index in [1.54, 1.807) is 28.6 Å². The Labute approximate surface area is 127 Å². The van der Waals surface area contributed by atoms with Crippen LogP contribution in [-0.4, -0.2) is 9.47 Å². The molecule has 0 radical (unpaired) electrons. The van der Waals surface area contributed by atoms with Crippen molar-refractivity contribution in [1.82, 2.24) is 9.47 Å². The fourth-order valence-electron chi connectivity index (χ4n) is 2.36. The summed E-state index contributed by atoms with van der Waals surface area (Å²) in [7, 11) is 0. The predicted octanol–water partition coefficient (Wildman–Crippen LogP) is 3.00. The monoisotopic (exact) mass is 299 g/mol. The van der Waals surface area contributed by atoms with E-state index in [4.69, 9.17) is 5.73 Å². The highest BCUT2D eigenvalue weighted by Gasteiger charge is 2.26. The summed E-state index contributed by atoms with van der Waals surface area (Å²) >= 11 is 1.64. The van der Waals surface area contributed by atoms with E-state index in [2.05, 4.69) is 29.4 Å². The Hall–Kier alpha value is -2.14. The van der Waals surface area contributed by atoms with E-state index in [9.17, 15) is 4.79 Å². The summed E-state index contributed by atoms with van der Waals surface area (Å²) in [6, 6.07) is 13.5. The average Bonchev–Trinajstić information content (AvgIpc) is 2.82. The van der Waals surface area contributed by atoms with Gasteiger partial charge in [-0.25, -0.2) is 0 Å². The van der Waals surface area contributed by atoms with Gasteiger partial charge in [0.1, 0.15) is 0 Å². The molecule has 0 bridgehead atoms. The molecule has 1 atom stereocenters. The first-order valence-electron chi connectivity index (χ1n) is 6.75. The number of thioether (sulfide) groups is 1. The van der Waals surface area contributed by atoms with Crippen LogP contribution in [-0.2, 0) is 6.54 Å². The molecule has 2 N–H and O–H groups in total. The number of pyridine rings is 1. The minimum atomic E-state index is -0.0753. The lowest BCUT2D eigenvalue weighted by atomic mass is 10.2. The summed E-state index contributed by atoms with van der Waals surface area (Å²) in [4.78, 5) is 14.4. The molecule has 4 nitrogen and oxygen atoms in total. The quantitative estimate of drug-likeness (QED) is 0.946. The summed E-state index contributed by atoms with van der Waals surface area (Å²) in [6.45, 7) is 2.84. The molecule has 0 saturated heterocycles. The van der Waals surface area contributed by atoms with Gasteiger partial charge in [-0.15, -0.1) is 0 Å². The standard InChI is InChI=1S/C16H17N3OS/c1-12-11-21-16(18-8-7-14(17)9-15(18)20)19(12)10-13-5-3-2-4-6-13/h2-9,11,16H,10,17H2,1H3. The first kappa shape index (κ1) is 13.8. The zero-order valence-electron chi connectivity index (χ0n) is 11.8. The van der Waals surface area contributed by atoms with Crippen molar-refractivity contribution in [2.24, 2.45) is 0 Å². The van der Waals surface area contributed by atoms with Gasteiger partial charge in [0.15, 0.2) is 5.50 Å². The lowest BCUT2D eigenvalue weighted by Crippen LogP contribution is -2.32. The Balaban J connectivity index is 1.90. The van der Waals surface area contributed by atoms with E-state index >= 15 is 0 Å². The maximum absolute atomic E-state index is 12.2. The summed E-state index contributed by atoms with van der Waals surface area (Å²) in [6.07, 6.45) is 1.76. The van der Waals surface area contributed by atoms with Crippen LogP contribution in [0.1, 0.15) is 18.0 Å². The minimum Gasteiger partial charge on any atom is -0.399 e. The average molecular weight is 299 g/mol. The largest absolute Gasteiger partial charge is 0.399 e. The lowest BCUT2D eigenvalue weighted by molar-refractivity contribution is 0.264. The number of rotatable bonds is 3. The van der Waals surface area contributed by atoms with Gasteiger partial charge in [-0.05, 0) is 24.0 Å². The molecule has 0 spiro atoms. The molecule has 1 aliphatic heterocycles. The van der Waals surface area contributed by atoms with Crippen molar-refractivity contribution in [3.05, 3.63) is 75.7 Å². The molecule has 0 fully saturated rings. The normalized spacial score (nSPS) is 17.9. The number of nitrogens with two attached hydrogens (primary N) is 1. The number of benzene rings is 1. The zero-order chi connectivity index (χ0) is 14.8. The van der Waals surface area contributed by atoms with Crippen molar-refractivity contribution in [2.75, 3.05) is 5.73 Å². The molecule has 1 aromatic heterocycles. The van der Waals surface area contributed by atoms with Gasteiger partial charge in [-0.3, -0.25) is 9.36 Å². The van der Waals surface area contributed by atoms with E-state index in [1.807, 2.05) is 18.2 Å². The van der Waals surface area contributed by atoms with Crippen molar-refractivity contribution in [3.63, 3.8) is 0 Å². The second-order valence-corrected chi connectivity index (χ2v) is 5.97. The molecule has 3 rings (SSSR count). The van der Waals surface area contributed by atoms with E-state index in [0.717, 1.165) is 12.2 Å². The van der Waals surface area contributed by atoms with Gasteiger partial charge in [0.05, 0.1) is 0 Å². The summed E-state index contributed by atoms with van der Waals surface area (Å²) < 4.78 is 1.72. The molecule has 0 aliphatic carbocycles. The summed E-state index contributed by atoms with van der Waals surface area (Å²) in [5, 5.41) is 2.09. The number of nitrogens with zero attached hydrogens (tertiary/aromatic N) is 2. The second kappa shape index (κ2) is 5.69. The van der Waals surface area contributed by atoms with Crippen molar-refractivity contribution >= 4 is 17.4 Å². The van der Waals surface area contributed by atoms with Crippen molar-refractivity contribution in [1.29, 1.82) is 0 Å². The van der Waals surface area contributed by atoms with Gasteiger partial charge in [0.2, 0.25) is 0 Å². The van der Waals surface area contributed by atoms with Crippen molar-refractivity contribution in [2.45, 2.75) is 19.0 Å². The van der Waals surface area contributed by atoms with Crippen LogP contribution in [0.25, 0.3) is 0 Å². The van der Waals surface area contributed by atoms with Gasteiger partial charge in [0, 0.05) is 30.2 Å². The van der Waals surface area contributed by atoms with Gasteiger partial charge in [-0.1, -0.05) is 42.1 Å². The fraction of sp³-hybridized carbons (Fsp3) is 0.188. The summed E-state index contributed by atoms with van der Waals surface area (Å²) in [5.74, 6) is 0. The van der Waals surface area contributed by atoms with Crippen LogP contribution in [0.2, 0.25) is 0 Å². The lowest BCUT2D eigenvalue weighted by Gasteiger charge is -2.29. The second-order valence-electron chi connectivity index (χ2n) is 5.04. The summed E-state index contributed by atoms with van der Waals surface area (Å²) in [5.41, 5.74) is 8.42. The van der Waals surface area contributed by atoms with Crippen LogP contribution in [0.4, 0.5) is 5.69 Å². The van der Waals surface area contributed by atoms with Gasteiger partial charge >= 0.3 is 0 Å². The smallest absolute Gasteiger partial charge is 0.254 e. The van der Waals surface area contributed by atoms with E-state index in [0.29, 0.717) is 5.69 Å². The Bertz CT molecular complexity index is 724. The first-order valence-corrected chi connectivity index (χ1v) is 7.70. The maximum Gasteiger partial charge on any atom is 0.254 e. The zero-order valence-corrected chi connectivity index (χ0v) is 12.6. The molecule has 2 aromatic rings. The van der Waals surface area contributed by atoms with Gasteiger partial charge < -0.3 is 10.6 Å². The Morgan fingerprint density at radius 3 is 2.71 bits per heavy atom. The molecule has 0 amide bonds. The molecule has 1 aromatic carbocycles. The van der Waals surface area contributed by atoms with Crippen molar-refractivity contribution < 1.29 is 0 Å². The molecule has 108 valence electrons. The van der Waals surface area contributed by atoms with Crippen LogP contribution in [0, 0.1) is 0 Å². The number of hydrogen-bond donors (Lipinski definition) is 1. The predicted molar refractivity (Wildman–Crippen MR) is 87.5 cm³/mol. The number of allylic oxidation sites excluding steroid dienone is 1. The topological polar surface area (TPSA) is 51.3 Å². The number of anilines is 1. The molecule has 1 unspecified atom stereocenters. The highest BCUT2D eigenvalue weighted by Crippen LogP contribution is 2.38. The molecule has 5 heteroatoms. The van der Waals surface area contributed by atoms with Crippen LogP contribution >= 0.6 is 11.8 Å².